The van der Waals surface area contributed by atoms with Crippen LogP contribution in [0.3, 0.4) is 0 Å². The molecule has 0 bridgehead atoms. The normalized spacial score (nSPS) is 12.3. The maximum absolute atomic E-state index is 13.3. The number of carbonyl (C=O) groups excluding carboxylic acids is 2. The van der Waals surface area contributed by atoms with Crippen LogP contribution in [0.5, 0.6) is 11.5 Å². The Labute approximate surface area is 182 Å². The van der Waals surface area contributed by atoms with Crippen LogP contribution in [0.25, 0.3) is 0 Å². The van der Waals surface area contributed by atoms with Gasteiger partial charge in [-0.15, -0.1) is 0 Å². The van der Waals surface area contributed by atoms with Gasteiger partial charge in [0, 0.05) is 20.2 Å². The Kier molecular flexibility index (Phi) is 7.57. The quantitative estimate of drug-likeness (QED) is 0.576. The summed E-state index contributed by atoms with van der Waals surface area (Å²) in [5, 5.41) is 0. The van der Waals surface area contributed by atoms with E-state index in [-0.39, 0.29) is 37.7 Å². The molecule has 8 nitrogen and oxygen atoms in total. The van der Waals surface area contributed by atoms with Gasteiger partial charge in [0.05, 0.1) is 13.1 Å². The minimum Gasteiger partial charge on any atom is -0.464 e. The van der Waals surface area contributed by atoms with Crippen molar-refractivity contribution >= 4 is 11.8 Å². The lowest BCUT2D eigenvalue weighted by molar-refractivity contribution is -0.143. The number of rotatable bonds is 10. The zero-order valence-electron chi connectivity index (χ0n) is 18.6. The van der Waals surface area contributed by atoms with E-state index in [1.807, 2.05) is 51.1 Å². The molecule has 1 aliphatic rings. The van der Waals surface area contributed by atoms with Crippen LogP contribution in [0.2, 0.25) is 0 Å². The van der Waals surface area contributed by atoms with Crippen molar-refractivity contribution in [3.05, 3.63) is 47.4 Å². The molecule has 0 spiro atoms. The van der Waals surface area contributed by atoms with Crippen LogP contribution in [0.4, 0.5) is 0 Å². The highest BCUT2D eigenvalue weighted by Crippen LogP contribution is 2.33. The van der Waals surface area contributed by atoms with Crippen molar-refractivity contribution in [1.82, 2.24) is 9.80 Å². The van der Waals surface area contributed by atoms with Crippen LogP contribution >= 0.6 is 0 Å². The molecule has 0 fully saturated rings. The molecule has 0 saturated carbocycles. The predicted octanol–water partition coefficient (Wildman–Crippen LogP) is 2.98. The van der Waals surface area contributed by atoms with Crippen molar-refractivity contribution in [2.45, 2.75) is 33.9 Å². The average molecular weight is 431 g/mol. The topological polar surface area (TPSA) is 81.5 Å². The molecule has 0 saturated heterocycles. The molecule has 1 aromatic carbocycles. The summed E-state index contributed by atoms with van der Waals surface area (Å²) in [4.78, 5) is 29.0. The molecule has 2 heterocycles. The first-order chi connectivity index (χ1) is 14.9. The standard InChI is InChI=1S/C23H30N2O6/c1-16(2)10-24(23(27)14-28-4)13-22(26)25(12-19-7-5-17(3)31-19)11-18-6-8-20-21(9-18)30-15-29-20/h5-9,16H,10-15H2,1-4H3. The van der Waals surface area contributed by atoms with E-state index in [9.17, 15) is 9.59 Å². The zero-order valence-corrected chi connectivity index (χ0v) is 18.6. The molecule has 0 aliphatic carbocycles. The summed E-state index contributed by atoms with van der Waals surface area (Å²) in [6, 6.07) is 9.34. The Morgan fingerprint density at radius 3 is 2.48 bits per heavy atom. The Balaban J connectivity index is 1.78. The van der Waals surface area contributed by atoms with E-state index in [1.54, 1.807) is 9.80 Å². The molecule has 1 aromatic heterocycles. The van der Waals surface area contributed by atoms with Crippen LogP contribution in [0.1, 0.15) is 30.9 Å². The molecular formula is C23H30N2O6. The SMILES string of the molecule is COCC(=O)N(CC(=O)N(Cc1ccc2c(c1)OCO2)Cc1ccc(C)o1)CC(C)C. The molecule has 3 rings (SSSR count). The molecule has 0 unspecified atom stereocenters. The van der Waals surface area contributed by atoms with Crippen LogP contribution in [0.15, 0.2) is 34.7 Å². The van der Waals surface area contributed by atoms with Crippen LogP contribution in [0, 0.1) is 12.8 Å². The number of furan rings is 1. The third-order valence-corrected chi connectivity index (χ3v) is 4.84. The molecule has 0 radical (unpaired) electrons. The molecule has 1 aliphatic heterocycles. The lowest BCUT2D eigenvalue weighted by Crippen LogP contribution is -2.45. The summed E-state index contributed by atoms with van der Waals surface area (Å²) < 4.78 is 21.5. The first-order valence-corrected chi connectivity index (χ1v) is 10.3. The van der Waals surface area contributed by atoms with Gasteiger partial charge in [0.1, 0.15) is 18.1 Å². The summed E-state index contributed by atoms with van der Waals surface area (Å²) >= 11 is 0. The van der Waals surface area contributed by atoms with Crippen molar-refractivity contribution in [3.63, 3.8) is 0 Å². The number of benzene rings is 1. The lowest BCUT2D eigenvalue weighted by atomic mass is 10.1. The van der Waals surface area contributed by atoms with E-state index in [1.165, 1.54) is 7.11 Å². The highest BCUT2D eigenvalue weighted by molar-refractivity contribution is 5.85. The first-order valence-electron chi connectivity index (χ1n) is 10.3. The van der Waals surface area contributed by atoms with Crippen molar-refractivity contribution in [3.8, 4) is 11.5 Å². The van der Waals surface area contributed by atoms with Crippen molar-refractivity contribution < 1.29 is 28.2 Å². The number of hydrogen-bond donors (Lipinski definition) is 0. The molecule has 2 amide bonds. The molecule has 8 heteroatoms. The lowest BCUT2D eigenvalue weighted by Gasteiger charge is -2.28. The van der Waals surface area contributed by atoms with Crippen LogP contribution in [-0.4, -0.2) is 55.2 Å². The monoisotopic (exact) mass is 430 g/mol. The second-order valence-electron chi connectivity index (χ2n) is 8.05. The Morgan fingerprint density at radius 2 is 1.81 bits per heavy atom. The fraction of sp³-hybridized carbons (Fsp3) is 0.478. The van der Waals surface area contributed by atoms with Gasteiger partial charge >= 0.3 is 0 Å². The third-order valence-electron chi connectivity index (χ3n) is 4.84. The van der Waals surface area contributed by atoms with Crippen LogP contribution in [-0.2, 0) is 27.4 Å². The number of fused-ring (bicyclic) bond motifs is 1. The van der Waals surface area contributed by atoms with Gasteiger partial charge in [0.25, 0.3) is 0 Å². The van der Waals surface area contributed by atoms with Gasteiger partial charge in [0.15, 0.2) is 11.5 Å². The van der Waals surface area contributed by atoms with E-state index in [4.69, 9.17) is 18.6 Å². The van der Waals surface area contributed by atoms with Gasteiger partial charge in [-0.1, -0.05) is 19.9 Å². The Hall–Kier alpha value is -3.00. The Bertz CT molecular complexity index is 907. The van der Waals surface area contributed by atoms with Crippen molar-refractivity contribution in [2.75, 3.05) is 33.6 Å². The molecule has 0 atom stereocenters. The highest BCUT2D eigenvalue weighted by Gasteiger charge is 2.24. The van der Waals surface area contributed by atoms with Gasteiger partial charge < -0.3 is 28.4 Å². The summed E-state index contributed by atoms with van der Waals surface area (Å²) in [5.41, 5.74) is 0.902. The smallest absolute Gasteiger partial charge is 0.249 e. The van der Waals surface area contributed by atoms with Crippen LogP contribution < -0.4 is 9.47 Å². The number of carbonyl (C=O) groups is 2. The maximum atomic E-state index is 13.3. The van der Waals surface area contributed by atoms with Crippen molar-refractivity contribution in [2.24, 2.45) is 5.92 Å². The molecule has 0 N–H and O–H groups in total. The predicted molar refractivity (Wildman–Crippen MR) is 114 cm³/mol. The fourth-order valence-corrected chi connectivity index (χ4v) is 3.42. The number of amides is 2. The Morgan fingerprint density at radius 1 is 1.03 bits per heavy atom. The van der Waals surface area contributed by atoms with Crippen molar-refractivity contribution in [1.29, 1.82) is 0 Å². The molecule has 2 aromatic rings. The number of hydrogen-bond acceptors (Lipinski definition) is 6. The van der Waals surface area contributed by atoms with E-state index in [2.05, 4.69) is 0 Å². The third kappa shape index (κ3) is 6.24. The maximum Gasteiger partial charge on any atom is 0.249 e. The summed E-state index contributed by atoms with van der Waals surface area (Å²) in [6.07, 6.45) is 0. The number of ether oxygens (including phenoxy) is 3. The van der Waals surface area contributed by atoms with Gasteiger partial charge in [-0.05, 0) is 42.7 Å². The molecular weight excluding hydrogens is 400 g/mol. The minimum atomic E-state index is -0.207. The zero-order chi connectivity index (χ0) is 22.4. The van der Waals surface area contributed by atoms with Gasteiger partial charge in [-0.2, -0.15) is 0 Å². The molecule has 31 heavy (non-hydrogen) atoms. The van der Waals surface area contributed by atoms with E-state index in [0.29, 0.717) is 36.9 Å². The second kappa shape index (κ2) is 10.3. The highest BCUT2D eigenvalue weighted by atomic mass is 16.7. The van der Waals surface area contributed by atoms with E-state index < -0.39 is 0 Å². The first kappa shape index (κ1) is 22.7. The fourth-order valence-electron chi connectivity index (χ4n) is 3.42. The van der Waals surface area contributed by atoms with Gasteiger partial charge in [0.2, 0.25) is 18.6 Å². The minimum absolute atomic E-state index is 0.0232. The van der Waals surface area contributed by atoms with E-state index in [0.717, 1.165) is 11.3 Å². The largest absolute Gasteiger partial charge is 0.464 e. The van der Waals surface area contributed by atoms with Gasteiger partial charge in [-0.3, -0.25) is 9.59 Å². The summed E-state index contributed by atoms with van der Waals surface area (Å²) in [6.45, 7) is 7.12. The van der Waals surface area contributed by atoms with Gasteiger partial charge in [-0.25, -0.2) is 0 Å². The van der Waals surface area contributed by atoms with E-state index >= 15 is 0 Å². The number of methoxy groups -OCH3 is 1. The number of aryl methyl sites for hydroxylation is 1. The number of nitrogens with zero attached hydrogens (tertiary/aromatic N) is 2. The second-order valence-corrected chi connectivity index (χ2v) is 8.05. The summed E-state index contributed by atoms with van der Waals surface area (Å²) in [7, 11) is 1.47. The molecule has 168 valence electrons. The summed E-state index contributed by atoms with van der Waals surface area (Å²) in [5.74, 6) is 2.67. The average Bonchev–Trinajstić information content (AvgIpc) is 3.35.